The number of amides is 3. The Morgan fingerprint density at radius 2 is 1.77 bits per heavy atom. The molecule has 2 N–H and O–H groups in total. The highest BCUT2D eigenvalue weighted by Gasteiger charge is 2.36. The molecule has 0 bridgehead atoms. The Bertz CT molecular complexity index is 1460. The molecular formula is C29H26N4O4S2. The van der Waals surface area contributed by atoms with Gasteiger partial charge in [-0.15, -0.1) is 23.5 Å². The van der Waals surface area contributed by atoms with Gasteiger partial charge in [-0.1, -0.05) is 49.4 Å². The van der Waals surface area contributed by atoms with Gasteiger partial charge in [0.25, 0.3) is 5.69 Å². The number of carbonyl (C=O) groups is 2. The number of nitro groups is 1. The van der Waals surface area contributed by atoms with Crippen LogP contribution in [0.3, 0.4) is 0 Å². The number of rotatable bonds is 7. The SMILES string of the molecule is CCC(Sc1cccc(NC(=O)N2c3ccccc3SC3C=CC=CC32)c1)C(=O)Nc1ccc([N+](=O)[O-])cc1. The van der Waals surface area contributed by atoms with Crippen molar-refractivity contribution in [1.29, 1.82) is 0 Å². The van der Waals surface area contributed by atoms with E-state index in [9.17, 15) is 19.7 Å². The summed E-state index contributed by atoms with van der Waals surface area (Å²) in [7, 11) is 0. The lowest BCUT2D eigenvalue weighted by Gasteiger charge is -2.40. The summed E-state index contributed by atoms with van der Waals surface area (Å²) in [6, 6.07) is 20.8. The number of carbonyl (C=O) groups excluding carboxylic acids is 2. The fourth-order valence-corrected chi connectivity index (χ4v) is 6.70. The van der Waals surface area contributed by atoms with E-state index in [1.807, 2.05) is 72.5 Å². The number of fused-ring (bicyclic) bond motifs is 2. The molecule has 3 aromatic carbocycles. The maximum atomic E-state index is 13.6. The molecule has 0 saturated heterocycles. The van der Waals surface area contributed by atoms with Crippen molar-refractivity contribution in [2.45, 2.75) is 39.7 Å². The van der Waals surface area contributed by atoms with Crippen LogP contribution in [0.1, 0.15) is 13.3 Å². The van der Waals surface area contributed by atoms with Crippen LogP contribution >= 0.6 is 23.5 Å². The van der Waals surface area contributed by atoms with Gasteiger partial charge in [-0.05, 0) is 48.9 Å². The van der Waals surface area contributed by atoms with Gasteiger partial charge < -0.3 is 10.6 Å². The van der Waals surface area contributed by atoms with Crippen molar-refractivity contribution in [1.82, 2.24) is 0 Å². The Balaban J connectivity index is 1.28. The molecule has 3 unspecified atom stereocenters. The summed E-state index contributed by atoms with van der Waals surface area (Å²) >= 11 is 3.15. The van der Waals surface area contributed by atoms with E-state index >= 15 is 0 Å². The van der Waals surface area contributed by atoms with Crippen LogP contribution in [0.2, 0.25) is 0 Å². The number of urea groups is 1. The van der Waals surface area contributed by atoms with Crippen LogP contribution < -0.4 is 15.5 Å². The number of hydrogen-bond donors (Lipinski definition) is 2. The fraction of sp³-hybridized carbons (Fsp3) is 0.172. The van der Waals surface area contributed by atoms with Crippen LogP contribution in [0.15, 0.2) is 107 Å². The molecule has 0 fully saturated rings. The van der Waals surface area contributed by atoms with Gasteiger partial charge in [0.05, 0.1) is 27.2 Å². The minimum atomic E-state index is -0.480. The number of nitro benzene ring substituents is 1. The number of anilines is 3. The van der Waals surface area contributed by atoms with Gasteiger partial charge in [0, 0.05) is 33.3 Å². The molecule has 2 aliphatic rings. The first-order valence-corrected chi connectivity index (χ1v) is 14.2. The predicted octanol–water partition coefficient (Wildman–Crippen LogP) is 7.11. The molecule has 3 amide bonds. The third-order valence-electron chi connectivity index (χ3n) is 6.33. The highest BCUT2D eigenvalue weighted by Crippen LogP contribution is 2.43. The zero-order chi connectivity index (χ0) is 27.4. The molecule has 5 rings (SSSR count). The standard InChI is InChI=1S/C29H26N4O4S2/c1-2-25(28(34)30-19-14-16-21(17-15-19)33(36)37)38-22-9-7-8-20(18-22)31-29(35)32-23-10-3-5-12-26(23)39-27-13-6-4-11-24(27)32/h3-18,23,25-26H,2H2,1H3,(H,30,34)(H,31,35). The summed E-state index contributed by atoms with van der Waals surface area (Å²) in [5.41, 5.74) is 1.97. The summed E-state index contributed by atoms with van der Waals surface area (Å²) in [5.74, 6) is -0.198. The molecule has 0 radical (unpaired) electrons. The summed E-state index contributed by atoms with van der Waals surface area (Å²) < 4.78 is 0. The normalized spacial score (nSPS) is 18.0. The Morgan fingerprint density at radius 3 is 2.54 bits per heavy atom. The molecule has 0 aromatic heterocycles. The first-order valence-electron chi connectivity index (χ1n) is 12.5. The quantitative estimate of drug-likeness (QED) is 0.182. The number of benzene rings is 3. The Morgan fingerprint density at radius 1 is 1.00 bits per heavy atom. The Labute approximate surface area is 234 Å². The van der Waals surface area contributed by atoms with E-state index in [1.54, 1.807) is 11.8 Å². The van der Waals surface area contributed by atoms with E-state index in [1.165, 1.54) is 36.0 Å². The zero-order valence-corrected chi connectivity index (χ0v) is 22.7. The number of para-hydroxylation sites is 1. The van der Waals surface area contributed by atoms with E-state index in [0.29, 0.717) is 17.8 Å². The number of thioether (sulfide) groups is 2. The van der Waals surface area contributed by atoms with E-state index in [4.69, 9.17) is 0 Å². The topological polar surface area (TPSA) is 105 Å². The molecule has 1 aliphatic carbocycles. The maximum absolute atomic E-state index is 13.6. The minimum absolute atomic E-state index is 0.0356. The average molecular weight is 559 g/mol. The second-order valence-corrected chi connectivity index (χ2v) is 11.4. The van der Waals surface area contributed by atoms with Gasteiger partial charge in [-0.3, -0.25) is 19.8 Å². The highest BCUT2D eigenvalue weighted by molar-refractivity contribution is 8.00. The van der Waals surface area contributed by atoms with Gasteiger partial charge in [-0.2, -0.15) is 0 Å². The number of nitrogens with zero attached hydrogens (tertiary/aromatic N) is 2. The molecule has 198 valence electrons. The van der Waals surface area contributed by atoms with Crippen molar-refractivity contribution < 1.29 is 14.5 Å². The lowest BCUT2D eigenvalue weighted by Crippen LogP contribution is -2.49. The van der Waals surface area contributed by atoms with E-state index in [-0.39, 0.29) is 28.9 Å². The van der Waals surface area contributed by atoms with Crippen molar-refractivity contribution in [3.05, 3.63) is 107 Å². The number of nitrogens with one attached hydrogen (secondary N) is 2. The van der Waals surface area contributed by atoms with E-state index < -0.39 is 10.2 Å². The van der Waals surface area contributed by atoms with E-state index in [2.05, 4.69) is 22.8 Å². The van der Waals surface area contributed by atoms with Crippen LogP contribution in [-0.2, 0) is 4.79 Å². The van der Waals surface area contributed by atoms with Gasteiger partial charge in [0.1, 0.15) is 0 Å². The summed E-state index contributed by atoms with van der Waals surface area (Å²) in [5, 5.41) is 16.5. The first-order chi connectivity index (χ1) is 18.9. The average Bonchev–Trinajstić information content (AvgIpc) is 2.95. The van der Waals surface area contributed by atoms with Gasteiger partial charge in [-0.25, -0.2) is 4.79 Å². The minimum Gasteiger partial charge on any atom is -0.325 e. The molecule has 1 aliphatic heterocycles. The van der Waals surface area contributed by atoms with Crippen molar-refractivity contribution >= 4 is 58.2 Å². The van der Waals surface area contributed by atoms with Crippen LogP contribution in [0, 0.1) is 10.1 Å². The number of non-ortho nitro benzene ring substituents is 1. The second-order valence-electron chi connectivity index (χ2n) is 8.95. The zero-order valence-electron chi connectivity index (χ0n) is 21.0. The number of hydrogen-bond acceptors (Lipinski definition) is 6. The lowest BCUT2D eigenvalue weighted by atomic mass is 10.1. The molecule has 0 saturated carbocycles. The molecular weight excluding hydrogens is 532 g/mol. The Kier molecular flexibility index (Phi) is 8.04. The summed E-state index contributed by atoms with van der Waals surface area (Å²) in [6.07, 6.45) is 8.73. The predicted molar refractivity (Wildman–Crippen MR) is 158 cm³/mol. The molecule has 39 heavy (non-hydrogen) atoms. The van der Waals surface area contributed by atoms with Crippen molar-refractivity contribution in [2.24, 2.45) is 0 Å². The van der Waals surface area contributed by atoms with Crippen LogP contribution in [0.4, 0.5) is 27.5 Å². The molecule has 0 spiro atoms. The summed E-state index contributed by atoms with van der Waals surface area (Å²) in [4.78, 5) is 40.6. The Hall–Kier alpha value is -4.02. The molecule has 1 heterocycles. The molecule has 8 nitrogen and oxygen atoms in total. The lowest BCUT2D eigenvalue weighted by molar-refractivity contribution is -0.384. The van der Waals surface area contributed by atoms with Gasteiger partial charge >= 0.3 is 6.03 Å². The first kappa shape index (κ1) is 26.6. The van der Waals surface area contributed by atoms with Gasteiger partial charge in [0.2, 0.25) is 5.91 Å². The monoisotopic (exact) mass is 558 g/mol. The van der Waals surface area contributed by atoms with Crippen molar-refractivity contribution in [3.8, 4) is 0 Å². The highest BCUT2D eigenvalue weighted by atomic mass is 32.2. The molecule has 3 atom stereocenters. The largest absolute Gasteiger partial charge is 0.326 e. The third-order valence-corrected chi connectivity index (χ3v) is 9.00. The summed E-state index contributed by atoms with van der Waals surface area (Å²) in [6.45, 7) is 1.92. The smallest absolute Gasteiger partial charge is 0.325 e. The molecule has 3 aromatic rings. The van der Waals surface area contributed by atoms with Gasteiger partial charge in [0.15, 0.2) is 0 Å². The fourth-order valence-electron chi connectivity index (χ4n) is 4.43. The van der Waals surface area contributed by atoms with Crippen LogP contribution in [0.25, 0.3) is 0 Å². The van der Waals surface area contributed by atoms with Crippen molar-refractivity contribution in [3.63, 3.8) is 0 Å². The third kappa shape index (κ3) is 6.02. The van der Waals surface area contributed by atoms with Crippen molar-refractivity contribution in [2.75, 3.05) is 15.5 Å². The molecule has 10 heteroatoms. The van der Waals surface area contributed by atoms with Crippen LogP contribution in [-0.4, -0.2) is 33.4 Å². The second kappa shape index (κ2) is 11.8. The van der Waals surface area contributed by atoms with E-state index in [0.717, 1.165) is 15.5 Å². The van der Waals surface area contributed by atoms with Crippen LogP contribution in [0.5, 0.6) is 0 Å². The maximum Gasteiger partial charge on any atom is 0.326 e. The number of allylic oxidation sites excluding steroid dienone is 2.